The maximum Gasteiger partial charge on any atom is 0.434 e. The molecule has 8 nitrogen and oxygen atoms in total. The molecule has 2 saturated heterocycles. The molecule has 158 valence electrons. The van der Waals surface area contributed by atoms with Gasteiger partial charge < -0.3 is 4.90 Å². The monoisotopic (exact) mass is 438 g/mol. The molecule has 0 unspecified atom stereocenters. The quantitative estimate of drug-likeness (QED) is 0.727. The molecule has 2 aromatic heterocycles. The molecule has 4 heterocycles. The summed E-state index contributed by atoms with van der Waals surface area (Å²) in [5, 5.41) is 11.4. The number of rotatable bonds is 3. The van der Waals surface area contributed by atoms with E-state index in [2.05, 4.69) is 15.0 Å². The van der Waals surface area contributed by atoms with Crippen LogP contribution in [0, 0.1) is 17.2 Å². The Morgan fingerprint density at radius 2 is 2.03 bits per heavy atom. The third-order valence-electron chi connectivity index (χ3n) is 5.15. The second kappa shape index (κ2) is 8.16. The zero-order chi connectivity index (χ0) is 21.3. The van der Waals surface area contributed by atoms with Crippen LogP contribution >= 0.6 is 11.3 Å². The lowest BCUT2D eigenvalue weighted by Crippen LogP contribution is -2.42. The van der Waals surface area contributed by atoms with Crippen LogP contribution in [-0.4, -0.2) is 45.6 Å². The maximum atomic E-state index is 13.0. The fourth-order valence-electron chi connectivity index (χ4n) is 3.60. The Kier molecular flexibility index (Phi) is 5.57. The minimum Gasteiger partial charge on any atom is -0.356 e. The van der Waals surface area contributed by atoms with Gasteiger partial charge in [0.15, 0.2) is 5.69 Å². The van der Waals surface area contributed by atoms with E-state index >= 15 is 0 Å². The number of thiazole rings is 1. The Hall–Kier alpha value is -2.78. The molecule has 0 aliphatic carbocycles. The van der Waals surface area contributed by atoms with Gasteiger partial charge in [-0.15, -0.1) is 11.3 Å². The largest absolute Gasteiger partial charge is 0.434 e. The van der Waals surface area contributed by atoms with Crippen molar-refractivity contribution in [1.29, 1.82) is 5.26 Å². The van der Waals surface area contributed by atoms with Gasteiger partial charge >= 0.3 is 6.18 Å². The summed E-state index contributed by atoms with van der Waals surface area (Å²) in [5.41, 5.74) is -0.676. The van der Waals surface area contributed by atoms with E-state index in [9.17, 15) is 18.0 Å². The molecule has 0 aromatic carbocycles. The number of hydrogen-bond acceptors (Lipinski definition) is 8. The third-order valence-corrected chi connectivity index (χ3v) is 6.10. The van der Waals surface area contributed by atoms with Crippen molar-refractivity contribution in [3.05, 3.63) is 34.2 Å². The predicted octanol–water partition coefficient (Wildman–Crippen LogP) is 2.95. The second-order valence-electron chi connectivity index (χ2n) is 7.01. The molecular weight excluding hydrogens is 421 g/mol. The fourth-order valence-corrected chi connectivity index (χ4v) is 4.54. The van der Waals surface area contributed by atoms with E-state index in [0.717, 1.165) is 16.7 Å². The number of aromatic nitrogens is 3. The minimum atomic E-state index is -4.51. The Labute approximate surface area is 173 Å². The summed E-state index contributed by atoms with van der Waals surface area (Å²) in [6.45, 7) is 1.38. The number of halogens is 3. The molecule has 1 amide bonds. The molecule has 2 aromatic rings. The smallest absolute Gasteiger partial charge is 0.356 e. The molecule has 2 aliphatic rings. The van der Waals surface area contributed by atoms with E-state index in [1.54, 1.807) is 6.07 Å². The molecule has 1 atom stereocenters. The first kappa shape index (κ1) is 20.5. The average Bonchev–Trinajstić information content (AvgIpc) is 3.42. The summed E-state index contributed by atoms with van der Waals surface area (Å²) < 4.78 is 38.6. The predicted molar refractivity (Wildman–Crippen MR) is 99.0 cm³/mol. The average molecular weight is 438 g/mol. The molecule has 4 rings (SSSR count). The topological polar surface area (TPSA) is 95.2 Å². The molecule has 0 radical (unpaired) electrons. The number of anilines is 1. The lowest BCUT2D eigenvalue weighted by Gasteiger charge is -2.34. The highest BCUT2D eigenvalue weighted by Gasteiger charge is 2.40. The summed E-state index contributed by atoms with van der Waals surface area (Å²) >= 11 is 0.889. The molecule has 30 heavy (non-hydrogen) atoms. The van der Waals surface area contributed by atoms with Crippen LogP contribution in [0.4, 0.5) is 19.0 Å². The summed E-state index contributed by atoms with van der Waals surface area (Å²) in [5.74, 6) is 0.0905. The first-order valence-corrected chi connectivity index (χ1v) is 10.2. The van der Waals surface area contributed by atoms with Gasteiger partial charge in [-0.1, -0.05) is 0 Å². The van der Waals surface area contributed by atoms with Crippen LogP contribution in [0.3, 0.4) is 0 Å². The number of carbonyl (C=O) groups excluding carboxylic acids is 1. The Balaban J connectivity index is 1.41. The minimum absolute atomic E-state index is 0.232. The fraction of sp³-hybridized carbons (Fsp3) is 0.500. The van der Waals surface area contributed by atoms with Gasteiger partial charge in [-0.2, -0.15) is 18.4 Å². The number of piperidine rings is 1. The molecule has 0 spiro atoms. The van der Waals surface area contributed by atoms with Crippen molar-refractivity contribution in [2.75, 3.05) is 24.6 Å². The van der Waals surface area contributed by atoms with Crippen LogP contribution in [0.1, 0.15) is 41.7 Å². The molecule has 0 bridgehead atoms. The lowest BCUT2D eigenvalue weighted by molar-refractivity contribution is -0.182. The maximum absolute atomic E-state index is 13.0. The molecule has 12 heteroatoms. The number of alkyl halides is 3. The number of nitriles is 1. The van der Waals surface area contributed by atoms with Crippen molar-refractivity contribution in [2.24, 2.45) is 5.92 Å². The summed E-state index contributed by atoms with van der Waals surface area (Å²) in [6.07, 6.45) is -1.68. The van der Waals surface area contributed by atoms with E-state index < -0.39 is 17.9 Å². The van der Waals surface area contributed by atoms with Crippen LogP contribution in [0.5, 0.6) is 0 Å². The standard InChI is InChI=1S/C18H17F3N6O2S/c19-18(20,21)14-9-30-16(25-14)13-3-6-29-27(13)17(28)11-1-4-26(5-2-11)15-7-12(8-22)23-10-24-15/h7,9-11,13H,1-6H2/t13-/m0/s1. The van der Waals surface area contributed by atoms with Crippen LogP contribution in [-0.2, 0) is 15.8 Å². The van der Waals surface area contributed by atoms with Crippen LogP contribution in [0.15, 0.2) is 17.8 Å². The summed E-state index contributed by atoms with van der Waals surface area (Å²) in [4.78, 5) is 32.2. The summed E-state index contributed by atoms with van der Waals surface area (Å²) in [7, 11) is 0. The van der Waals surface area contributed by atoms with Gasteiger partial charge in [0.05, 0.1) is 6.61 Å². The van der Waals surface area contributed by atoms with Crippen molar-refractivity contribution in [2.45, 2.75) is 31.5 Å². The van der Waals surface area contributed by atoms with E-state index in [1.807, 2.05) is 11.0 Å². The molecule has 2 aliphatic heterocycles. The van der Waals surface area contributed by atoms with E-state index in [1.165, 1.54) is 11.4 Å². The van der Waals surface area contributed by atoms with Gasteiger partial charge in [-0.25, -0.2) is 20.0 Å². The van der Waals surface area contributed by atoms with Gasteiger partial charge in [0.1, 0.15) is 35.0 Å². The number of hydroxylamine groups is 2. The van der Waals surface area contributed by atoms with Crippen molar-refractivity contribution >= 4 is 23.1 Å². The number of carbonyl (C=O) groups is 1. The second-order valence-corrected chi connectivity index (χ2v) is 7.89. The molecular formula is C18H17F3N6O2S. The van der Waals surface area contributed by atoms with Crippen molar-refractivity contribution in [3.63, 3.8) is 0 Å². The zero-order valence-corrected chi connectivity index (χ0v) is 16.5. The Morgan fingerprint density at radius 1 is 1.27 bits per heavy atom. The van der Waals surface area contributed by atoms with Crippen LogP contribution in [0.25, 0.3) is 0 Å². The summed E-state index contributed by atoms with van der Waals surface area (Å²) in [6, 6.07) is 2.97. The number of amides is 1. The zero-order valence-electron chi connectivity index (χ0n) is 15.7. The highest BCUT2D eigenvalue weighted by atomic mass is 32.1. The van der Waals surface area contributed by atoms with E-state index in [-0.39, 0.29) is 29.1 Å². The first-order chi connectivity index (χ1) is 14.4. The Bertz CT molecular complexity index is 967. The molecule has 2 fully saturated rings. The third kappa shape index (κ3) is 4.08. The highest BCUT2D eigenvalue weighted by molar-refractivity contribution is 7.09. The van der Waals surface area contributed by atoms with E-state index in [0.29, 0.717) is 38.2 Å². The van der Waals surface area contributed by atoms with Gasteiger partial charge in [-0.3, -0.25) is 9.63 Å². The van der Waals surface area contributed by atoms with Crippen molar-refractivity contribution in [3.8, 4) is 6.07 Å². The van der Waals surface area contributed by atoms with Crippen LogP contribution in [0.2, 0.25) is 0 Å². The highest BCUT2D eigenvalue weighted by Crippen LogP contribution is 2.38. The van der Waals surface area contributed by atoms with Crippen molar-refractivity contribution < 1.29 is 22.8 Å². The lowest BCUT2D eigenvalue weighted by atomic mass is 9.95. The molecule has 0 N–H and O–H groups in total. The van der Waals surface area contributed by atoms with Gasteiger partial charge in [0, 0.05) is 36.9 Å². The number of hydrogen-bond donors (Lipinski definition) is 0. The van der Waals surface area contributed by atoms with Crippen molar-refractivity contribution in [1.82, 2.24) is 20.0 Å². The normalized spacial score (nSPS) is 20.4. The van der Waals surface area contributed by atoms with Gasteiger partial charge in [-0.05, 0) is 12.8 Å². The van der Waals surface area contributed by atoms with E-state index in [4.69, 9.17) is 10.1 Å². The SMILES string of the molecule is N#Cc1cc(N2CCC(C(=O)N3OCC[C@H]3c3nc(C(F)(F)F)cs3)CC2)ncn1. The Morgan fingerprint density at radius 3 is 2.70 bits per heavy atom. The van der Waals surface area contributed by atoms with Gasteiger partial charge in [0.25, 0.3) is 0 Å². The van der Waals surface area contributed by atoms with Gasteiger partial charge in [0.2, 0.25) is 5.91 Å². The molecule has 0 saturated carbocycles. The first-order valence-electron chi connectivity index (χ1n) is 9.32. The number of nitrogens with zero attached hydrogens (tertiary/aromatic N) is 6. The van der Waals surface area contributed by atoms with Crippen LogP contribution < -0.4 is 4.90 Å².